The lowest BCUT2D eigenvalue weighted by Gasteiger charge is -2.29. The van der Waals surface area contributed by atoms with Crippen LogP contribution in [0.1, 0.15) is 26.7 Å². The van der Waals surface area contributed by atoms with Gasteiger partial charge in [-0.25, -0.2) is 12.8 Å². The molecule has 118 valence electrons. The predicted octanol–water partition coefficient (Wildman–Crippen LogP) is 2.63. The van der Waals surface area contributed by atoms with E-state index >= 15 is 0 Å². The molecule has 1 aromatic rings. The molecule has 0 spiro atoms. The first-order valence-corrected chi connectivity index (χ1v) is 8.84. The summed E-state index contributed by atoms with van der Waals surface area (Å²) >= 11 is 5.96. The van der Waals surface area contributed by atoms with E-state index < -0.39 is 15.8 Å². The van der Waals surface area contributed by atoms with Crippen LogP contribution in [0.3, 0.4) is 0 Å². The molecule has 0 radical (unpaired) electrons. The van der Waals surface area contributed by atoms with E-state index in [4.69, 9.17) is 11.6 Å². The number of hydrogen-bond donors (Lipinski definition) is 1. The minimum absolute atomic E-state index is 0.0430. The number of halogens is 2. The molecule has 1 fully saturated rings. The highest BCUT2D eigenvalue weighted by Gasteiger charge is 2.32. The normalized spacial score (nSPS) is 19.6. The van der Waals surface area contributed by atoms with Gasteiger partial charge >= 0.3 is 0 Å². The van der Waals surface area contributed by atoms with Gasteiger partial charge in [-0.15, -0.1) is 0 Å². The molecule has 1 saturated heterocycles. The quantitative estimate of drug-likeness (QED) is 0.900. The molecule has 0 saturated carbocycles. The zero-order chi connectivity index (χ0) is 15.6. The molecule has 21 heavy (non-hydrogen) atoms. The van der Waals surface area contributed by atoms with Crippen LogP contribution in [-0.4, -0.2) is 37.9 Å². The van der Waals surface area contributed by atoms with Gasteiger partial charge in [0.25, 0.3) is 0 Å². The van der Waals surface area contributed by atoms with Crippen LogP contribution in [0.25, 0.3) is 0 Å². The van der Waals surface area contributed by atoms with Crippen molar-refractivity contribution in [3.05, 3.63) is 29.0 Å². The average molecular weight is 335 g/mol. The fourth-order valence-electron chi connectivity index (χ4n) is 2.52. The van der Waals surface area contributed by atoms with Crippen LogP contribution in [0, 0.1) is 5.82 Å². The maximum Gasteiger partial charge on any atom is 0.244 e. The van der Waals surface area contributed by atoms with Crippen LogP contribution in [0.5, 0.6) is 0 Å². The smallest absolute Gasteiger partial charge is 0.244 e. The molecule has 1 aromatic carbocycles. The van der Waals surface area contributed by atoms with E-state index in [1.165, 1.54) is 10.4 Å². The fourth-order valence-corrected chi connectivity index (χ4v) is 4.69. The van der Waals surface area contributed by atoms with Gasteiger partial charge < -0.3 is 5.32 Å². The van der Waals surface area contributed by atoms with Crippen molar-refractivity contribution in [3.63, 3.8) is 0 Å². The van der Waals surface area contributed by atoms with E-state index in [-0.39, 0.29) is 22.0 Å². The molecule has 0 aromatic heterocycles. The van der Waals surface area contributed by atoms with Crippen LogP contribution in [0.15, 0.2) is 23.1 Å². The molecule has 2 rings (SSSR count). The second-order valence-corrected chi connectivity index (χ2v) is 7.80. The summed E-state index contributed by atoms with van der Waals surface area (Å²) in [5.41, 5.74) is 0. The number of sulfonamides is 1. The molecule has 0 aliphatic carbocycles. The Morgan fingerprint density at radius 1 is 1.48 bits per heavy atom. The Balaban J connectivity index is 2.34. The van der Waals surface area contributed by atoms with Crippen molar-refractivity contribution >= 4 is 21.6 Å². The molecular formula is C14H20ClFN2O2S. The van der Waals surface area contributed by atoms with Gasteiger partial charge in [-0.05, 0) is 51.4 Å². The summed E-state index contributed by atoms with van der Waals surface area (Å²) in [5.74, 6) is -0.610. The molecule has 1 aliphatic heterocycles. The largest absolute Gasteiger partial charge is 0.313 e. The summed E-state index contributed by atoms with van der Waals surface area (Å²) in [6.45, 7) is 4.88. The van der Waals surface area contributed by atoms with Crippen molar-refractivity contribution in [2.45, 2.75) is 43.7 Å². The Labute approximate surface area is 130 Å². The van der Waals surface area contributed by atoms with Gasteiger partial charge in [0, 0.05) is 18.6 Å². The van der Waals surface area contributed by atoms with Crippen molar-refractivity contribution in [1.82, 2.24) is 9.62 Å². The number of hydrogen-bond acceptors (Lipinski definition) is 3. The number of benzene rings is 1. The maximum absolute atomic E-state index is 13.4. The van der Waals surface area contributed by atoms with Gasteiger partial charge in [-0.3, -0.25) is 0 Å². The number of nitrogens with zero attached hydrogens (tertiary/aromatic N) is 1. The monoisotopic (exact) mass is 334 g/mol. The van der Waals surface area contributed by atoms with Crippen LogP contribution >= 0.6 is 11.6 Å². The molecule has 1 atom stereocenters. The van der Waals surface area contributed by atoms with E-state index in [0.29, 0.717) is 6.54 Å². The van der Waals surface area contributed by atoms with E-state index in [1.54, 1.807) is 13.8 Å². The highest BCUT2D eigenvalue weighted by Crippen LogP contribution is 2.27. The zero-order valence-corrected chi connectivity index (χ0v) is 13.7. The highest BCUT2D eigenvalue weighted by atomic mass is 35.5. The van der Waals surface area contributed by atoms with Crippen molar-refractivity contribution in [2.24, 2.45) is 0 Å². The zero-order valence-electron chi connectivity index (χ0n) is 12.1. The van der Waals surface area contributed by atoms with E-state index in [9.17, 15) is 12.8 Å². The first-order chi connectivity index (χ1) is 9.82. The summed E-state index contributed by atoms with van der Waals surface area (Å²) in [4.78, 5) is -0.170. The summed E-state index contributed by atoms with van der Waals surface area (Å²) in [7, 11) is -3.82. The summed E-state index contributed by atoms with van der Waals surface area (Å²) in [6, 6.07) is 3.32. The lowest BCUT2D eigenvalue weighted by Crippen LogP contribution is -2.44. The second-order valence-electron chi connectivity index (χ2n) is 5.54. The molecule has 0 amide bonds. The van der Waals surface area contributed by atoms with Crippen LogP contribution in [0.4, 0.5) is 4.39 Å². The predicted molar refractivity (Wildman–Crippen MR) is 81.5 cm³/mol. The summed E-state index contributed by atoms with van der Waals surface area (Å²) in [6.07, 6.45) is 1.98. The van der Waals surface area contributed by atoms with Gasteiger partial charge in [-0.2, -0.15) is 4.31 Å². The Bertz CT molecular complexity index is 601. The molecule has 7 heteroatoms. The molecule has 1 heterocycles. The Morgan fingerprint density at radius 2 is 2.19 bits per heavy atom. The van der Waals surface area contributed by atoms with Gasteiger partial charge in [0.1, 0.15) is 10.7 Å². The van der Waals surface area contributed by atoms with Crippen molar-refractivity contribution in [3.8, 4) is 0 Å². The van der Waals surface area contributed by atoms with Crippen molar-refractivity contribution in [1.29, 1.82) is 0 Å². The second kappa shape index (κ2) is 6.60. The van der Waals surface area contributed by atoms with E-state index in [1.807, 2.05) is 0 Å². The standard InChI is InChI=1S/C14H20ClFN2O2S/c1-10(2)18(9-12-4-3-7-17-12)21(19,20)14-8-11(16)5-6-13(14)15/h5-6,8,10,12,17H,3-4,7,9H2,1-2H3. The molecule has 1 aliphatic rings. The van der Waals surface area contributed by atoms with Gasteiger partial charge in [0.15, 0.2) is 0 Å². The van der Waals surface area contributed by atoms with Gasteiger partial charge in [-0.1, -0.05) is 11.6 Å². The number of rotatable bonds is 5. The van der Waals surface area contributed by atoms with E-state index in [0.717, 1.165) is 31.5 Å². The van der Waals surface area contributed by atoms with Crippen LogP contribution < -0.4 is 5.32 Å². The molecule has 1 N–H and O–H groups in total. The summed E-state index contributed by atoms with van der Waals surface area (Å²) < 4.78 is 40.3. The minimum Gasteiger partial charge on any atom is -0.313 e. The highest BCUT2D eigenvalue weighted by molar-refractivity contribution is 7.89. The summed E-state index contributed by atoms with van der Waals surface area (Å²) in [5, 5.41) is 3.32. The third-order valence-electron chi connectivity index (χ3n) is 3.62. The number of nitrogens with one attached hydrogen (secondary N) is 1. The van der Waals surface area contributed by atoms with Crippen LogP contribution in [-0.2, 0) is 10.0 Å². The third kappa shape index (κ3) is 3.74. The van der Waals surface area contributed by atoms with Crippen LogP contribution in [0.2, 0.25) is 5.02 Å². The molecule has 4 nitrogen and oxygen atoms in total. The Kier molecular flexibility index (Phi) is 5.24. The lowest BCUT2D eigenvalue weighted by molar-refractivity contribution is 0.322. The van der Waals surface area contributed by atoms with Gasteiger partial charge in [0.2, 0.25) is 10.0 Å². The van der Waals surface area contributed by atoms with E-state index in [2.05, 4.69) is 5.32 Å². The van der Waals surface area contributed by atoms with Crippen molar-refractivity contribution < 1.29 is 12.8 Å². The lowest BCUT2D eigenvalue weighted by atomic mass is 10.2. The first-order valence-electron chi connectivity index (χ1n) is 7.02. The minimum atomic E-state index is -3.82. The molecule has 1 unspecified atom stereocenters. The Hall–Kier alpha value is -0.690. The SMILES string of the molecule is CC(C)N(CC1CCCN1)S(=O)(=O)c1cc(F)ccc1Cl. The molecule has 0 bridgehead atoms. The molecular weight excluding hydrogens is 315 g/mol. The maximum atomic E-state index is 13.4. The first kappa shape index (κ1) is 16.7. The topological polar surface area (TPSA) is 49.4 Å². The van der Waals surface area contributed by atoms with Gasteiger partial charge in [0.05, 0.1) is 5.02 Å². The third-order valence-corrected chi connectivity index (χ3v) is 6.14. The fraction of sp³-hybridized carbons (Fsp3) is 0.571. The Morgan fingerprint density at radius 3 is 2.76 bits per heavy atom. The average Bonchev–Trinajstić information content (AvgIpc) is 2.91. The van der Waals surface area contributed by atoms with Crippen molar-refractivity contribution in [2.75, 3.05) is 13.1 Å².